The van der Waals surface area contributed by atoms with Crippen LogP contribution in [-0.2, 0) is 13.0 Å². The smallest absolute Gasteiger partial charge is 0.274 e. The molecule has 0 aliphatic heterocycles. The van der Waals surface area contributed by atoms with E-state index < -0.39 is 0 Å². The lowest BCUT2D eigenvalue weighted by atomic mass is 10.3. The van der Waals surface area contributed by atoms with Crippen LogP contribution in [0.15, 0.2) is 18.5 Å². The Balaban J connectivity index is 2.21. The SMILES string of the molecule is CCc1cc(C(=O)Nc2cn[nH]c2)n(CC)n1. The number of amides is 1. The van der Waals surface area contributed by atoms with E-state index in [-0.39, 0.29) is 5.91 Å². The van der Waals surface area contributed by atoms with Crippen LogP contribution in [0.2, 0.25) is 0 Å². The summed E-state index contributed by atoms with van der Waals surface area (Å²) in [6.07, 6.45) is 4.01. The number of H-pyrrole nitrogens is 1. The molecular formula is C11H15N5O. The number of carbonyl (C=O) groups excluding carboxylic acids is 1. The summed E-state index contributed by atoms with van der Waals surface area (Å²) in [6.45, 7) is 4.65. The van der Waals surface area contributed by atoms with Crippen molar-refractivity contribution in [2.24, 2.45) is 0 Å². The number of aryl methyl sites for hydroxylation is 2. The lowest BCUT2D eigenvalue weighted by Crippen LogP contribution is -2.16. The third-order valence-corrected chi connectivity index (χ3v) is 2.48. The lowest BCUT2D eigenvalue weighted by molar-refractivity contribution is 0.101. The fourth-order valence-electron chi connectivity index (χ4n) is 1.58. The molecular weight excluding hydrogens is 218 g/mol. The van der Waals surface area contributed by atoms with E-state index >= 15 is 0 Å². The molecule has 0 saturated heterocycles. The molecule has 90 valence electrons. The van der Waals surface area contributed by atoms with Crippen LogP contribution in [0.1, 0.15) is 30.0 Å². The Morgan fingerprint density at radius 3 is 2.94 bits per heavy atom. The first-order chi connectivity index (χ1) is 8.24. The molecule has 0 atom stereocenters. The molecule has 1 amide bonds. The molecule has 2 rings (SSSR count). The maximum atomic E-state index is 12.0. The third-order valence-electron chi connectivity index (χ3n) is 2.48. The molecule has 0 aliphatic carbocycles. The van der Waals surface area contributed by atoms with Gasteiger partial charge >= 0.3 is 0 Å². The van der Waals surface area contributed by atoms with E-state index in [0.717, 1.165) is 12.1 Å². The summed E-state index contributed by atoms with van der Waals surface area (Å²) in [5, 5.41) is 13.5. The van der Waals surface area contributed by atoms with Crippen molar-refractivity contribution in [2.75, 3.05) is 5.32 Å². The van der Waals surface area contributed by atoms with Gasteiger partial charge in [0.25, 0.3) is 5.91 Å². The number of carbonyl (C=O) groups is 1. The normalized spacial score (nSPS) is 10.5. The maximum absolute atomic E-state index is 12.0. The number of hydrogen-bond donors (Lipinski definition) is 2. The fraction of sp³-hybridized carbons (Fsp3) is 0.364. The molecule has 2 aromatic rings. The number of anilines is 1. The monoisotopic (exact) mass is 233 g/mol. The van der Waals surface area contributed by atoms with E-state index in [9.17, 15) is 4.79 Å². The van der Waals surface area contributed by atoms with Crippen molar-refractivity contribution in [3.63, 3.8) is 0 Å². The highest BCUT2D eigenvalue weighted by Gasteiger charge is 2.14. The highest BCUT2D eigenvalue weighted by molar-refractivity contribution is 6.03. The van der Waals surface area contributed by atoms with Gasteiger partial charge in [0.15, 0.2) is 0 Å². The molecule has 0 aromatic carbocycles. The summed E-state index contributed by atoms with van der Waals surface area (Å²) in [6, 6.07) is 1.82. The van der Waals surface area contributed by atoms with Crippen molar-refractivity contribution < 1.29 is 4.79 Å². The fourth-order valence-corrected chi connectivity index (χ4v) is 1.58. The summed E-state index contributed by atoms with van der Waals surface area (Å²) < 4.78 is 1.70. The Morgan fingerprint density at radius 1 is 1.53 bits per heavy atom. The summed E-state index contributed by atoms with van der Waals surface area (Å²) in [4.78, 5) is 12.0. The van der Waals surface area contributed by atoms with Gasteiger partial charge in [-0.25, -0.2) is 0 Å². The van der Waals surface area contributed by atoms with Gasteiger partial charge in [-0.2, -0.15) is 10.2 Å². The van der Waals surface area contributed by atoms with Crippen LogP contribution in [0.5, 0.6) is 0 Å². The van der Waals surface area contributed by atoms with Crippen LogP contribution in [0.4, 0.5) is 5.69 Å². The van der Waals surface area contributed by atoms with Crippen molar-refractivity contribution in [2.45, 2.75) is 26.8 Å². The van der Waals surface area contributed by atoms with Crippen molar-refractivity contribution in [3.8, 4) is 0 Å². The van der Waals surface area contributed by atoms with E-state index in [4.69, 9.17) is 0 Å². The quantitative estimate of drug-likeness (QED) is 0.839. The van der Waals surface area contributed by atoms with Crippen molar-refractivity contribution in [1.29, 1.82) is 0 Å². The Morgan fingerprint density at radius 2 is 2.35 bits per heavy atom. The number of rotatable bonds is 4. The van der Waals surface area contributed by atoms with Crippen LogP contribution in [0.25, 0.3) is 0 Å². The van der Waals surface area contributed by atoms with Gasteiger partial charge in [0, 0.05) is 12.7 Å². The van der Waals surface area contributed by atoms with Gasteiger partial charge < -0.3 is 5.32 Å². The molecule has 0 aliphatic rings. The second kappa shape index (κ2) is 4.82. The highest BCUT2D eigenvalue weighted by Crippen LogP contribution is 2.09. The zero-order valence-electron chi connectivity index (χ0n) is 9.90. The van der Waals surface area contributed by atoms with Gasteiger partial charge in [-0.15, -0.1) is 0 Å². The van der Waals surface area contributed by atoms with E-state index in [2.05, 4.69) is 20.6 Å². The minimum Gasteiger partial charge on any atom is -0.318 e. The zero-order chi connectivity index (χ0) is 12.3. The van der Waals surface area contributed by atoms with Crippen molar-refractivity contribution in [1.82, 2.24) is 20.0 Å². The van der Waals surface area contributed by atoms with Crippen molar-refractivity contribution >= 4 is 11.6 Å². The Labute approximate surface area is 99.0 Å². The molecule has 0 bridgehead atoms. The molecule has 0 unspecified atom stereocenters. The van der Waals surface area contributed by atoms with E-state index in [1.807, 2.05) is 19.9 Å². The molecule has 2 aromatic heterocycles. The number of hydrogen-bond acceptors (Lipinski definition) is 3. The van der Waals surface area contributed by atoms with Crippen LogP contribution >= 0.6 is 0 Å². The summed E-state index contributed by atoms with van der Waals surface area (Å²) >= 11 is 0. The number of aromatic amines is 1. The molecule has 17 heavy (non-hydrogen) atoms. The molecule has 0 radical (unpaired) electrons. The molecule has 2 heterocycles. The number of aromatic nitrogens is 4. The van der Waals surface area contributed by atoms with E-state index in [1.54, 1.807) is 17.1 Å². The van der Waals surface area contributed by atoms with Gasteiger partial charge in [0.1, 0.15) is 5.69 Å². The topological polar surface area (TPSA) is 75.6 Å². The predicted octanol–water partition coefficient (Wildman–Crippen LogP) is 1.44. The lowest BCUT2D eigenvalue weighted by Gasteiger charge is -2.03. The first-order valence-electron chi connectivity index (χ1n) is 5.61. The van der Waals surface area contributed by atoms with Gasteiger partial charge in [-0.05, 0) is 19.4 Å². The van der Waals surface area contributed by atoms with Gasteiger partial charge in [0.2, 0.25) is 0 Å². The summed E-state index contributed by atoms with van der Waals surface area (Å²) in [5.41, 5.74) is 2.15. The largest absolute Gasteiger partial charge is 0.318 e. The Hall–Kier alpha value is -2.11. The minimum atomic E-state index is -0.166. The van der Waals surface area contributed by atoms with Crippen molar-refractivity contribution in [3.05, 3.63) is 29.8 Å². The minimum absolute atomic E-state index is 0.166. The van der Waals surface area contributed by atoms with Crippen LogP contribution < -0.4 is 5.32 Å². The molecule has 0 fully saturated rings. The average Bonchev–Trinajstić information content (AvgIpc) is 2.96. The number of nitrogens with one attached hydrogen (secondary N) is 2. The second-order valence-electron chi connectivity index (χ2n) is 3.63. The predicted molar refractivity (Wildman–Crippen MR) is 63.8 cm³/mol. The first-order valence-corrected chi connectivity index (χ1v) is 5.61. The molecule has 2 N–H and O–H groups in total. The van der Waals surface area contributed by atoms with Gasteiger partial charge in [-0.1, -0.05) is 6.92 Å². The third kappa shape index (κ3) is 2.35. The van der Waals surface area contributed by atoms with Crippen LogP contribution in [0.3, 0.4) is 0 Å². The van der Waals surface area contributed by atoms with Gasteiger partial charge in [-0.3, -0.25) is 14.6 Å². The summed E-state index contributed by atoms with van der Waals surface area (Å²) in [7, 11) is 0. The van der Waals surface area contributed by atoms with Crippen LogP contribution in [0, 0.1) is 0 Å². The van der Waals surface area contributed by atoms with E-state index in [0.29, 0.717) is 17.9 Å². The molecule has 6 nitrogen and oxygen atoms in total. The van der Waals surface area contributed by atoms with Gasteiger partial charge in [0.05, 0.1) is 17.6 Å². The van der Waals surface area contributed by atoms with E-state index in [1.165, 1.54) is 0 Å². The Kier molecular flexibility index (Phi) is 3.22. The molecule has 6 heteroatoms. The van der Waals surface area contributed by atoms with Crippen LogP contribution in [-0.4, -0.2) is 25.9 Å². The average molecular weight is 233 g/mol. The highest BCUT2D eigenvalue weighted by atomic mass is 16.2. The number of nitrogens with zero attached hydrogens (tertiary/aromatic N) is 3. The summed E-state index contributed by atoms with van der Waals surface area (Å²) in [5.74, 6) is -0.166. The zero-order valence-corrected chi connectivity index (χ0v) is 9.90. The molecule has 0 saturated carbocycles. The Bertz CT molecular complexity index is 500. The first kappa shape index (κ1) is 11.4. The maximum Gasteiger partial charge on any atom is 0.274 e. The standard InChI is InChI=1S/C11H15N5O/c1-3-8-5-10(16(4-2)15-8)11(17)14-9-6-12-13-7-9/h5-7H,3-4H2,1-2H3,(H,12,13)(H,14,17). The molecule has 0 spiro atoms. The second-order valence-corrected chi connectivity index (χ2v) is 3.63.